The van der Waals surface area contributed by atoms with Gasteiger partial charge in [0.1, 0.15) is 12.1 Å². The molecule has 0 unspecified atom stereocenters. The summed E-state index contributed by atoms with van der Waals surface area (Å²) in [6.07, 6.45) is 0.603. The molecule has 0 bridgehead atoms. The quantitative estimate of drug-likeness (QED) is 0.632. The fraction of sp³-hybridized carbons (Fsp3) is 0.385. The van der Waals surface area contributed by atoms with Crippen LogP contribution in [0.5, 0.6) is 0 Å². The van der Waals surface area contributed by atoms with E-state index in [9.17, 15) is 4.79 Å². The summed E-state index contributed by atoms with van der Waals surface area (Å²) in [5.41, 5.74) is 2.09. The van der Waals surface area contributed by atoms with Crippen molar-refractivity contribution in [3.8, 4) is 0 Å². The van der Waals surface area contributed by atoms with Crippen LogP contribution >= 0.6 is 12.2 Å². The Labute approximate surface area is 112 Å². The number of ether oxygens (including phenoxy) is 1. The summed E-state index contributed by atoms with van der Waals surface area (Å²) in [6, 6.07) is 7.54. The second-order valence-corrected chi connectivity index (χ2v) is 4.91. The lowest BCUT2D eigenvalue weighted by Gasteiger charge is -2.13. The van der Waals surface area contributed by atoms with Crippen LogP contribution in [0.3, 0.4) is 0 Å². The van der Waals surface area contributed by atoms with Crippen LogP contribution in [0.15, 0.2) is 24.3 Å². The van der Waals surface area contributed by atoms with E-state index in [1.165, 1.54) is 5.56 Å². The molecule has 1 aliphatic rings. The van der Waals surface area contributed by atoms with Crippen LogP contribution in [-0.2, 0) is 9.53 Å². The smallest absolute Gasteiger partial charge is 0.329 e. The van der Waals surface area contributed by atoms with Crippen molar-refractivity contribution in [1.29, 1.82) is 0 Å². The van der Waals surface area contributed by atoms with Crippen LogP contribution < -0.4 is 10.6 Å². The summed E-state index contributed by atoms with van der Waals surface area (Å²) in [5.74, 6) is -0.240. The molecule has 1 aromatic carbocycles. The fourth-order valence-corrected chi connectivity index (χ4v) is 2.10. The number of rotatable bonds is 2. The van der Waals surface area contributed by atoms with Crippen molar-refractivity contribution >= 4 is 29.0 Å². The summed E-state index contributed by atoms with van der Waals surface area (Å²) in [5, 5.41) is 6.45. The minimum Gasteiger partial charge on any atom is -0.461 e. The van der Waals surface area contributed by atoms with Crippen LogP contribution in [0.4, 0.5) is 5.69 Å². The number of esters is 1. The molecular formula is C13H16N2O2S. The zero-order chi connectivity index (χ0) is 13.1. The Morgan fingerprint density at radius 2 is 2.06 bits per heavy atom. The summed E-state index contributed by atoms with van der Waals surface area (Å²) in [7, 11) is 0. The van der Waals surface area contributed by atoms with E-state index >= 15 is 0 Å². The monoisotopic (exact) mass is 264 g/mol. The van der Waals surface area contributed by atoms with Crippen LogP contribution in [0.2, 0.25) is 0 Å². The number of aryl methyl sites for hydroxylation is 1. The average molecular weight is 264 g/mol. The van der Waals surface area contributed by atoms with Crippen LogP contribution in [0.25, 0.3) is 0 Å². The lowest BCUT2D eigenvalue weighted by Crippen LogP contribution is -2.40. The van der Waals surface area contributed by atoms with Gasteiger partial charge in [-0.15, -0.1) is 0 Å². The molecule has 1 fully saturated rings. The van der Waals surface area contributed by atoms with E-state index in [0.29, 0.717) is 11.5 Å². The molecule has 0 aliphatic carbocycles. The number of hydrogen-bond acceptors (Lipinski definition) is 3. The zero-order valence-electron chi connectivity index (χ0n) is 10.4. The Bertz CT molecular complexity index is 459. The predicted molar refractivity (Wildman–Crippen MR) is 74.5 cm³/mol. The van der Waals surface area contributed by atoms with Crippen LogP contribution in [-0.4, -0.2) is 23.2 Å². The average Bonchev–Trinajstić information content (AvgIpc) is 2.61. The first kappa shape index (κ1) is 12.8. The van der Waals surface area contributed by atoms with Gasteiger partial charge in [0.2, 0.25) is 0 Å². The fourth-order valence-electron chi connectivity index (χ4n) is 1.84. The number of nitrogens with one attached hydrogen (secondary N) is 2. The molecular weight excluding hydrogens is 248 g/mol. The van der Waals surface area contributed by atoms with Crippen molar-refractivity contribution in [2.24, 2.45) is 0 Å². The second kappa shape index (κ2) is 5.35. The minimum atomic E-state index is -0.342. The molecule has 1 saturated heterocycles. The summed E-state index contributed by atoms with van der Waals surface area (Å²) >= 11 is 5.17. The normalized spacial score (nSPS) is 22.4. The van der Waals surface area contributed by atoms with Gasteiger partial charge in [0.05, 0.1) is 0 Å². The molecule has 1 heterocycles. The Balaban J connectivity index is 1.89. The Morgan fingerprint density at radius 3 is 2.61 bits per heavy atom. The first-order chi connectivity index (χ1) is 8.54. The van der Waals surface area contributed by atoms with Gasteiger partial charge in [0.25, 0.3) is 0 Å². The van der Waals surface area contributed by atoms with E-state index in [1.54, 1.807) is 0 Å². The Kier molecular flexibility index (Phi) is 3.81. The van der Waals surface area contributed by atoms with Crippen molar-refractivity contribution in [3.63, 3.8) is 0 Å². The molecule has 2 N–H and O–H groups in total. The van der Waals surface area contributed by atoms with E-state index in [4.69, 9.17) is 17.0 Å². The van der Waals surface area contributed by atoms with Crippen molar-refractivity contribution in [2.75, 3.05) is 5.32 Å². The topological polar surface area (TPSA) is 50.4 Å². The maximum absolute atomic E-state index is 11.4. The SMILES string of the molecule is Cc1ccc(NC(=S)N[C@H]2C[C@@H](C)OC2=O)cc1. The molecule has 1 aliphatic heterocycles. The van der Waals surface area contributed by atoms with Gasteiger partial charge in [0, 0.05) is 12.1 Å². The van der Waals surface area contributed by atoms with Crippen LogP contribution in [0.1, 0.15) is 18.9 Å². The minimum absolute atomic E-state index is 0.0443. The summed E-state index contributed by atoms with van der Waals surface area (Å²) in [4.78, 5) is 11.4. The standard InChI is InChI=1S/C13H16N2O2S/c1-8-3-5-10(6-4-8)14-13(18)15-11-7-9(2)17-12(11)16/h3-6,9,11H,7H2,1-2H3,(H2,14,15,18)/t9-,11+/m1/s1. The Hall–Kier alpha value is -1.62. The molecule has 0 saturated carbocycles. The second-order valence-electron chi connectivity index (χ2n) is 4.50. The Morgan fingerprint density at radius 1 is 1.39 bits per heavy atom. The first-order valence-corrected chi connectivity index (χ1v) is 6.30. The highest BCUT2D eigenvalue weighted by atomic mass is 32.1. The van der Waals surface area contributed by atoms with Gasteiger partial charge in [-0.2, -0.15) is 0 Å². The highest BCUT2D eigenvalue weighted by Gasteiger charge is 2.32. The van der Waals surface area contributed by atoms with Crippen molar-refractivity contribution in [2.45, 2.75) is 32.4 Å². The number of anilines is 1. The molecule has 0 radical (unpaired) electrons. The molecule has 2 rings (SSSR count). The molecule has 4 nitrogen and oxygen atoms in total. The van der Waals surface area contributed by atoms with Gasteiger partial charge < -0.3 is 15.4 Å². The number of carbonyl (C=O) groups excluding carboxylic acids is 1. The van der Waals surface area contributed by atoms with E-state index in [2.05, 4.69) is 10.6 Å². The number of hydrogen-bond donors (Lipinski definition) is 2. The van der Waals surface area contributed by atoms with E-state index in [-0.39, 0.29) is 18.1 Å². The van der Waals surface area contributed by atoms with Crippen LogP contribution in [0, 0.1) is 6.92 Å². The van der Waals surface area contributed by atoms with Gasteiger partial charge in [-0.25, -0.2) is 4.79 Å². The van der Waals surface area contributed by atoms with Crippen molar-refractivity contribution < 1.29 is 9.53 Å². The van der Waals surface area contributed by atoms with Crippen molar-refractivity contribution in [1.82, 2.24) is 5.32 Å². The van der Waals surface area contributed by atoms with Gasteiger partial charge in [-0.1, -0.05) is 17.7 Å². The van der Waals surface area contributed by atoms with Gasteiger partial charge >= 0.3 is 5.97 Å². The number of benzene rings is 1. The molecule has 0 spiro atoms. The largest absolute Gasteiger partial charge is 0.461 e. The van der Waals surface area contributed by atoms with E-state index in [1.807, 2.05) is 38.1 Å². The molecule has 0 amide bonds. The molecule has 1 aromatic rings. The maximum atomic E-state index is 11.4. The molecule has 0 aromatic heterocycles. The highest BCUT2D eigenvalue weighted by Crippen LogP contribution is 2.14. The third kappa shape index (κ3) is 3.20. The van der Waals surface area contributed by atoms with E-state index < -0.39 is 0 Å². The maximum Gasteiger partial charge on any atom is 0.329 e. The van der Waals surface area contributed by atoms with Gasteiger partial charge in [0.15, 0.2) is 5.11 Å². The summed E-state index contributed by atoms with van der Waals surface area (Å²) in [6.45, 7) is 3.90. The number of cyclic esters (lactones) is 1. The third-order valence-corrected chi connectivity index (χ3v) is 3.00. The lowest BCUT2D eigenvalue weighted by atomic mass is 10.2. The molecule has 18 heavy (non-hydrogen) atoms. The summed E-state index contributed by atoms with van der Waals surface area (Å²) < 4.78 is 5.05. The highest BCUT2D eigenvalue weighted by molar-refractivity contribution is 7.80. The molecule has 2 atom stereocenters. The zero-order valence-corrected chi connectivity index (χ0v) is 11.2. The lowest BCUT2D eigenvalue weighted by molar-refractivity contribution is -0.142. The third-order valence-electron chi connectivity index (χ3n) is 2.78. The number of carbonyl (C=O) groups is 1. The first-order valence-electron chi connectivity index (χ1n) is 5.89. The van der Waals surface area contributed by atoms with Crippen molar-refractivity contribution in [3.05, 3.63) is 29.8 Å². The van der Waals surface area contributed by atoms with E-state index in [0.717, 1.165) is 5.69 Å². The van der Waals surface area contributed by atoms with Gasteiger partial charge in [-0.3, -0.25) is 0 Å². The molecule has 96 valence electrons. The van der Waals surface area contributed by atoms with Gasteiger partial charge in [-0.05, 0) is 38.2 Å². The molecule has 5 heteroatoms. The predicted octanol–water partition coefficient (Wildman–Crippen LogP) is 1.99. The number of thiocarbonyl (C=S) groups is 1.